The zero-order valence-corrected chi connectivity index (χ0v) is 15.2. The van der Waals surface area contributed by atoms with Crippen molar-refractivity contribution in [2.45, 2.75) is 25.7 Å². The number of aryl methyl sites for hydroxylation is 1. The third-order valence-corrected chi connectivity index (χ3v) is 6.46. The van der Waals surface area contributed by atoms with E-state index >= 15 is 0 Å². The second kappa shape index (κ2) is 6.55. The van der Waals surface area contributed by atoms with Crippen molar-refractivity contribution in [3.63, 3.8) is 0 Å². The molecule has 26 heavy (non-hydrogen) atoms. The van der Waals surface area contributed by atoms with E-state index in [1.165, 1.54) is 27.8 Å². The van der Waals surface area contributed by atoms with E-state index in [-0.39, 0.29) is 0 Å². The predicted molar refractivity (Wildman–Crippen MR) is 104 cm³/mol. The summed E-state index contributed by atoms with van der Waals surface area (Å²) in [5, 5.41) is 3.44. The van der Waals surface area contributed by atoms with E-state index in [1.807, 2.05) is 0 Å². The average Bonchev–Trinajstić information content (AvgIpc) is 3.34. The second-order valence-electron chi connectivity index (χ2n) is 8.16. The Morgan fingerprint density at radius 1 is 1.00 bits per heavy atom. The summed E-state index contributed by atoms with van der Waals surface area (Å²) in [6.07, 6.45) is 3.67. The monoisotopic (exact) mass is 346 g/mol. The van der Waals surface area contributed by atoms with Crippen LogP contribution in [0.2, 0.25) is 0 Å². The van der Waals surface area contributed by atoms with Gasteiger partial charge in [-0.3, -0.25) is 4.79 Å². The minimum Gasteiger partial charge on any atom is -0.342 e. The summed E-state index contributed by atoms with van der Waals surface area (Å²) in [5.41, 5.74) is 7.00. The van der Waals surface area contributed by atoms with Gasteiger partial charge in [-0.2, -0.15) is 0 Å². The summed E-state index contributed by atoms with van der Waals surface area (Å²) >= 11 is 0. The number of nitrogens with one attached hydrogen (secondary N) is 1. The SMILES string of the molecule is O=C(CCCc1ccc2c(c1)-c1ccccc1C2)N1C[C@H]2CNC[C@H]2C1. The Bertz CT molecular complexity index is 832. The molecule has 2 aromatic carbocycles. The van der Waals surface area contributed by atoms with Crippen molar-refractivity contribution in [1.29, 1.82) is 0 Å². The third kappa shape index (κ3) is 2.84. The Balaban J connectivity index is 1.19. The zero-order valence-electron chi connectivity index (χ0n) is 15.2. The second-order valence-corrected chi connectivity index (χ2v) is 8.16. The Labute approximate surface area is 155 Å². The third-order valence-electron chi connectivity index (χ3n) is 6.46. The normalized spacial score (nSPS) is 23.0. The number of hydrogen-bond donors (Lipinski definition) is 1. The minimum atomic E-state index is 0.353. The van der Waals surface area contributed by atoms with Crippen molar-refractivity contribution in [2.24, 2.45) is 11.8 Å². The lowest BCUT2D eigenvalue weighted by atomic mass is 10.00. The van der Waals surface area contributed by atoms with Crippen molar-refractivity contribution >= 4 is 5.91 Å². The van der Waals surface area contributed by atoms with Crippen LogP contribution in [0.3, 0.4) is 0 Å². The van der Waals surface area contributed by atoms with Crippen molar-refractivity contribution in [3.05, 3.63) is 59.2 Å². The Morgan fingerprint density at radius 3 is 2.62 bits per heavy atom. The molecule has 2 heterocycles. The van der Waals surface area contributed by atoms with Crippen LogP contribution in [0.25, 0.3) is 11.1 Å². The molecule has 3 heteroatoms. The molecule has 0 radical (unpaired) electrons. The molecule has 0 saturated carbocycles. The van der Waals surface area contributed by atoms with Gasteiger partial charge in [-0.05, 0) is 58.9 Å². The van der Waals surface area contributed by atoms with E-state index in [0.717, 1.165) is 45.4 Å². The predicted octanol–water partition coefficient (Wildman–Crippen LogP) is 3.26. The van der Waals surface area contributed by atoms with E-state index in [1.54, 1.807) is 0 Å². The van der Waals surface area contributed by atoms with Crippen LogP contribution < -0.4 is 5.32 Å². The highest BCUT2D eigenvalue weighted by Crippen LogP contribution is 2.37. The summed E-state index contributed by atoms with van der Waals surface area (Å²) in [6, 6.07) is 15.6. The molecular weight excluding hydrogens is 320 g/mol. The molecule has 2 atom stereocenters. The number of likely N-dealkylation sites (tertiary alicyclic amines) is 1. The van der Waals surface area contributed by atoms with Gasteiger partial charge in [0, 0.05) is 32.6 Å². The number of fused-ring (bicyclic) bond motifs is 4. The minimum absolute atomic E-state index is 0.353. The first kappa shape index (κ1) is 16.1. The number of amides is 1. The van der Waals surface area contributed by atoms with E-state index in [2.05, 4.69) is 52.7 Å². The van der Waals surface area contributed by atoms with Crippen molar-refractivity contribution in [2.75, 3.05) is 26.2 Å². The maximum absolute atomic E-state index is 12.5. The van der Waals surface area contributed by atoms with E-state index in [4.69, 9.17) is 0 Å². The fourth-order valence-corrected chi connectivity index (χ4v) is 4.99. The van der Waals surface area contributed by atoms with Crippen LogP contribution in [-0.2, 0) is 17.6 Å². The first-order valence-electron chi connectivity index (χ1n) is 9.96. The highest BCUT2D eigenvalue weighted by Gasteiger charge is 2.37. The summed E-state index contributed by atoms with van der Waals surface area (Å²) < 4.78 is 0. The summed E-state index contributed by atoms with van der Waals surface area (Å²) in [7, 11) is 0. The van der Waals surface area contributed by atoms with Crippen LogP contribution in [0.5, 0.6) is 0 Å². The largest absolute Gasteiger partial charge is 0.342 e. The standard InChI is InChI=1S/C23H26N2O/c26-23(25-14-19-12-24-13-20(19)15-25)7-3-4-16-8-9-18-11-17-5-1-2-6-21(17)22(18)10-16/h1-2,5-6,8-10,19-20,24H,3-4,7,11-15H2/t19-,20+. The maximum Gasteiger partial charge on any atom is 0.222 e. The highest BCUT2D eigenvalue weighted by atomic mass is 16.2. The molecule has 3 nitrogen and oxygen atoms in total. The topological polar surface area (TPSA) is 32.3 Å². The molecule has 0 bridgehead atoms. The molecule has 2 aliphatic heterocycles. The number of carbonyl (C=O) groups excluding carboxylic acids is 1. The molecule has 3 aliphatic rings. The van der Waals surface area contributed by atoms with Gasteiger partial charge in [0.15, 0.2) is 0 Å². The first-order valence-corrected chi connectivity index (χ1v) is 9.96. The number of carbonyl (C=O) groups is 1. The molecule has 0 aromatic heterocycles. The van der Waals surface area contributed by atoms with Crippen LogP contribution in [-0.4, -0.2) is 37.0 Å². The van der Waals surface area contributed by atoms with Gasteiger partial charge in [0.1, 0.15) is 0 Å². The fraction of sp³-hybridized carbons (Fsp3) is 0.435. The lowest BCUT2D eigenvalue weighted by molar-refractivity contribution is -0.130. The Hall–Kier alpha value is -2.13. The molecule has 1 aliphatic carbocycles. The van der Waals surface area contributed by atoms with Gasteiger partial charge in [-0.15, -0.1) is 0 Å². The molecule has 134 valence electrons. The summed E-state index contributed by atoms with van der Waals surface area (Å²) in [6.45, 7) is 4.11. The van der Waals surface area contributed by atoms with E-state index in [9.17, 15) is 4.79 Å². The number of rotatable bonds is 4. The molecule has 2 fully saturated rings. The van der Waals surface area contributed by atoms with Gasteiger partial charge in [0.25, 0.3) is 0 Å². The number of nitrogens with zero attached hydrogens (tertiary/aromatic N) is 1. The molecule has 0 unspecified atom stereocenters. The molecule has 5 rings (SSSR count). The van der Waals surface area contributed by atoms with Crippen LogP contribution in [0.15, 0.2) is 42.5 Å². The number of hydrogen-bond acceptors (Lipinski definition) is 2. The Morgan fingerprint density at radius 2 is 1.77 bits per heavy atom. The number of benzene rings is 2. The van der Waals surface area contributed by atoms with Gasteiger partial charge < -0.3 is 10.2 Å². The molecular formula is C23H26N2O. The first-order chi connectivity index (χ1) is 12.8. The molecule has 2 aromatic rings. The van der Waals surface area contributed by atoms with Crippen molar-refractivity contribution < 1.29 is 4.79 Å². The van der Waals surface area contributed by atoms with Crippen molar-refractivity contribution in [3.8, 4) is 11.1 Å². The van der Waals surface area contributed by atoms with E-state index in [0.29, 0.717) is 24.2 Å². The van der Waals surface area contributed by atoms with Gasteiger partial charge in [0.2, 0.25) is 5.91 Å². The quantitative estimate of drug-likeness (QED) is 0.786. The highest BCUT2D eigenvalue weighted by molar-refractivity contribution is 5.77. The van der Waals surface area contributed by atoms with Gasteiger partial charge in [-0.1, -0.05) is 42.5 Å². The molecule has 2 saturated heterocycles. The van der Waals surface area contributed by atoms with Gasteiger partial charge in [-0.25, -0.2) is 0 Å². The van der Waals surface area contributed by atoms with Gasteiger partial charge in [0.05, 0.1) is 0 Å². The lowest BCUT2D eigenvalue weighted by Gasteiger charge is -2.17. The molecule has 0 spiro atoms. The van der Waals surface area contributed by atoms with Crippen LogP contribution >= 0.6 is 0 Å². The van der Waals surface area contributed by atoms with Gasteiger partial charge >= 0.3 is 0 Å². The smallest absolute Gasteiger partial charge is 0.222 e. The van der Waals surface area contributed by atoms with Crippen LogP contribution in [0, 0.1) is 11.8 Å². The van der Waals surface area contributed by atoms with E-state index < -0.39 is 0 Å². The van der Waals surface area contributed by atoms with Crippen molar-refractivity contribution in [1.82, 2.24) is 10.2 Å². The lowest BCUT2D eigenvalue weighted by Crippen LogP contribution is -2.31. The summed E-state index contributed by atoms with van der Waals surface area (Å²) in [5.74, 6) is 1.73. The van der Waals surface area contributed by atoms with Crippen LogP contribution in [0.4, 0.5) is 0 Å². The summed E-state index contributed by atoms with van der Waals surface area (Å²) in [4.78, 5) is 14.6. The fourth-order valence-electron chi connectivity index (χ4n) is 4.99. The molecule has 1 amide bonds. The Kier molecular flexibility index (Phi) is 4.05. The average molecular weight is 346 g/mol. The zero-order chi connectivity index (χ0) is 17.5. The van der Waals surface area contributed by atoms with Crippen LogP contribution in [0.1, 0.15) is 29.5 Å². The maximum atomic E-state index is 12.5. The molecule has 1 N–H and O–H groups in total.